The van der Waals surface area contributed by atoms with Gasteiger partial charge >= 0.3 is 0 Å². The topological polar surface area (TPSA) is 44.4 Å². The summed E-state index contributed by atoms with van der Waals surface area (Å²) in [5.41, 5.74) is 3.59. The highest BCUT2D eigenvalue weighted by Crippen LogP contribution is 2.51. The summed E-state index contributed by atoms with van der Waals surface area (Å²) in [6.45, 7) is 3.96. The zero-order valence-corrected chi connectivity index (χ0v) is 15.2. The van der Waals surface area contributed by atoms with Crippen molar-refractivity contribution in [1.82, 2.24) is 4.57 Å². The molecule has 0 unspecified atom stereocenters. The van der Waals surface area contributed by atoms with Gasteiger partial charge < -0.3 is 13.7 Å². The van der Waals surface area contributed by atoms with E-state index in [4.69, 9.17) is 9.15 Å². The van der Waals surface area contributed by atoms with E-state index in [-0.39, 0.29) is 5.78 Å². The Balaban J connectivity index is 2.04. The Morgan fingerprint density at radius 2 is 1.85 bits per heavy atom. The van der Waals surface area contributed by atoms with Crippen LogP contribution >= 0.6 is 0 Å². The molecule has 5 rings (SSSR count). The Kier molecular flexibility index (Phi) is 2.81. The molecule has 0 atom stereocenters. The number of rotatable bonds is 1. The van der Waals surface area contributed by atoms with Gasteiger partial charge in [-0.2, -0.15) is 0 Å². The minimum absolute atomic E-state index is 0.0988. The van der Waals surface area contributed by atoms with Crippen LogP contribution in [0.4, 0.5) is 0 Å². The van der Waals surface area contributed by atoms with Crippen LogP contribution in [0.5, 0.6) is 5.75 Å². The van der Waals surface area contributed by atoms with Crippen LogP contribution in [-0.2, 0) is 12.5 Å². The number of furan rings is 1. The number of benzene rings is 2. The zero-order valence-electron chi connectivity index (χ0n) is 15.2. The molecule has 0 saturated carbocycles. The Morgan fingerprint density at radius 1 is 1.08 bits per heavy atom. The molecule has 130 valence electrons. The largest absolute Gasteiger partial charge is 0.496 e. The van der Waals surface area contributed by atoms with Crippen molar-refractivity contribution in [2.45, 2.75) is 19.3 Å². The lowest BCUT2D eigenvalue weighted by Gasteiger charge is -2.28. The third-order valence-electron chi connectivity index (χ3n) is 5.64. The van der Waals surface area contributed by atoms with E-state index in [0.29, 0.717) is 11.3 Å². The number of methoxy groups -OCH3 is 1. The van der Waals surface area contributed by atoms with E-state index in [1.165, 1.54) is 0 Å². The van der Waals surface area contributed by atoms with Gasteiger partial charge in [0.2, 0.25) is 0 Å². The Morgan fingerprint density at radius 3 is 2.62 bits per heavy atom. The third-order valence-corrected chi connectivity index (χ3v) is 5.64. The predicted molar refractivity (Wildman–Crippen MR) is 102 cm³/mol. The average Bonchev–Trinajstić information content (AvgIpc) is 3.16. The first-order valence-electron chi connectivity index (χ1n) is 8.69. The fourth-order valence-electron chi connectivity index (χ4n) is 4.37. The number of carbonyl (C=O) groups excluding carboxylic acids is 1. The first-order valence-corrected chi connectivity index (χ1v) is 8.69. The fourth-order valence-corrected chi connectivity index (χ4v) is 4.37. The lowest BCUT2D eigenvalue weighted by atomic mass is 9.72. The molecule has 0 radical (unpaired) electrons. The minimum Gasteiger partial charge on any atom is -0.496 e. The van der Waals surface area contributed by atoms with Crippen LogP contribution in [-0.4, -0.2) is 17.5 Å². The second kappa shape index (κ2) is 4.79. The number of carbonyl (C=O) groups is 1. The molecular formula is C22H19NO3. The fraction of sp³-hybridized carbons (Fsp3) is 0.227. The molecule has 0 fully saturated rings. The molecule has 2 heterocycles. The number of aromatic nitrogens is 1. The van der Waals surface area contributed by atoms with E-state index < -0.39 is 5.41 Å². The monoisotopic (exact) mass is 345 g/mol. The number of hydrogen-bond donors (Lipinski definition) is 0. The van der Waals surface area contributed by atoms with Crippen molar-refractivity contribution in [3.63, 3.8) is 0 Å². The van der Waals surface area contributed by atoms with Gasteiger partial charge in [0.15, 0.2) is 11.5 Å². The quantitative estimate of drug-likeness (QED) is 0.483. The Labute approximate surface area is 151 Å². The van der Waals surface area contributed by atoms with Crippen molar-refractivity contribution >= 4 is 27.7 Å². The maximum Gasteiger partial charge on any atom is 0.176 e. The minimum atomic E-state index is -0.677. The predicted octanol–water partition coefficient (Wildman–Crippen LogP) is 5.07. The lowest BCUT2D eigenvalue weighted by Crippen LogP contribution is -2.33. The second-order valence-electron chi connectivity index (χ2n) is 7.39. The van der Waals surface area contributed by atoms with E-state index in [1.807, 2.05) is 67.9 Å². The van der Waals surface area contributed by atoms with Crippen molar-refractivity contribution in [3.8, 4) is 17.2 Å². The van der Waals surface area contributed by atoms with Gasteiger partial charge in [-0.25, -0.2) is 0 Å². The molecule has 1 aliphatic carbocycles. The molecular weight excluding hydrogens is 326 g/mol. The van der Waals surface area contributed by atoms with E-state index in [2.05, 4.69) is 0 Å². The van der Waals surface area contributed by atoms with Crippen molar-refractivity contribution in [1.29, 1.82) is 0 Å². The molecule has 0 N–H and O–H groups in total. The average molecular weight is 345 g/mol. The van der Waals surface area contributed by atoms with Gasteiger partial charge in [-0.3, -0.25) is 4.79 Å². The number of Topliss-reactive ketones (excluding diaryl/α,β-unsaturated/α-hetero) is 1. The number of aryl methyl sites for hydroxylation is 1. The number of nitrogens with zero attached hydrogens (tertiary/aromatic N) is 1. The van der Waals surface area contributed by atoms with Gasteiger partial charge in [0.25, 0.3) is 0 Å². The molecule has 0 spiro atoms. The van der Waals surface area contributed by atoms with Crippen molar-refractivity contribution in [2.24, 2.45) is 7.05 Å². The van der Waals surface area contributed by atoms with Crippen LogP contribution < -0.4 is 4.74 Å². The number of para-hydroxylation sites is 1. The smallest absolute Gasteiger partial charge is 0.176 e. The molecule has 0 bridgehead atoms. The molecule has 2 aromatic heterocycles. The highest BCUT2D eigenvalue weighted by atomic mass is 16.5. The van der Waals surface area contributed by atoms with Crippen molar-refractivity contribution in [2.75, 3.05) is 7.11 Å². The van der Waals surface area contributed by atoms with Gasteiger partial charge in [0, 0.05) is 18.0 Å². The molecule has 0 saturated heterocycles. The van der Waals surface area contributed by atoms with Crippen LogP contribution in [0, 0.1) is 0 Å². The molecule has 4 aromatic rings. The van der Waals surface area contributed by atoms with E-state index in [0.717, 1.165) is 38.9 Å². The van der Waals surface area contributed by atoms with E-state index in [1.54, 1.807) is 7.11 Å². The SMILES string of the molecule is COc1cccc2c1c1c(n2C)-c2oc3ccccc3c2C(C)(C)C1=O. The number of ether oxygens (including phenoxy) is 1. The number of ketones is 1. The summed E-state index contributed by atoms with van der Waals surface area (Å²) in [7, 11) is 3.61. The van der Waals surface area contributed by atoms with Gasteiger partial charge in [0.1, 0.15) is 11.3 Å². The zero-order chi connectivity index (χ0) is 18.2. The standard InChI is InChI=1S/C22H19NO3/c1-22(2)18-12-8-5-6-10-14(12)26-20(18)19-17(21(22)24)16-13(23(19)3)9-7-11-15(16)25-4/h5-11H,1-4H3. The first kappa shape index (κ1) is 15.3. The van der Waals surface area contributed by atoms with Crippen molar-refractivity contribution in [3.05, 3.63) is 53.6 Å². The molecule has 4 nitrogen and oxygen atoms in total. The lowest BCUT2D eigenvalue weighted by molar-refractivity contribution is 0.0907. The normalized spacial score (nSPS) is 15.3. The van der Waals surface area contributed by atoms with E-state index in [9.17, 15) is 4.79 Å². The summed E-state index contributed by atoms with van der Waals surface area (Å²) < 4.78 is 13.9. The summed E-state index contributed by atoms with van der Waals surface area (Å²) in [6, 6.07) is 13.8. The maximum absolute atomic E-state index is 13.6. The number of hydrogen-bond acceptors (Lipinski definition) is 3. The van der Waals surface area contributed by atoms with E-state index >= 15 is 0 Å². The molecule has 26 heavy (non-hydrogen) atoms. The van der Waals surface area contributed by atoms with Crippen LogP contribution in [0.25, 0.3) is 33.3 Å². The summed E-state index contributed by atoms with van der Waals surface area (Å²) in [6.07, 6.45) is 0. The van der Waals surface area contributed by atoms with Gasteiger partial charge in [-0.1, -0.05) is 24.3 Å². The Bertz CT molecular complexity index is 1220. The van der Waals surface area contributed by atoms with Gasteiger partial charge in [-0.05, 0) is 32.0 Å². The van der Waals surface area contributed by atoms with Crippen LogP contribution in [0.3, 0.4) is 0 Å². The third kappa shape index (κ3) is 1.62. The highest BCUT2D eigenvalue weighted by Gasteiger charge is 2.45. The molecule has 4 heteroatoms. The first-order chi connectivity index (χ1) is 12.5. The molecule has 0 amide bonds. The molecule has 0 aliphatic heterocycles. The van der Waals surface area contributed by atoms with Crippen LogP contribution in [0.1, 0.15) is 29.8 Å². The summed E-state index contributed by atoms with van der Waals surface area (Å²) >= 11 is 0. The van der Waals surface area contributed by atoms with Crippen molar-refractivity contribution < 1.29 is 13.9 Å². The molecule has 1 aliphatic rings. The summed E-state index contributed by atoms with van der Waals surface area (Å²) in [5.74, 6) is 1.59. The second-order valence-corrected chi connectivity index (χ2v) is 7.39. The summed E-state index contributed by atoms with van der Waals surface area (Å²) in [5, 5.41) is 1.86. The van der Waals surface area contributed by atoms with Gasteiger partial charge in [-0.15, -0.1) is 0 Å². The highest BCUT2D eigenvalue weighted by molar-refractivity contribution is 6.22. The van der Waals surface area contributed by atoms with Crippen LogP contribution in [0.2, 0.25) is 0 Å². The molecule has 2 aromatic carbocycles. The number of fused-ring (bicyclic) bond motifs is 7. The van der Waals surface area contributed by atoms with Crippen LogP contribution in [0.15, 0.2) is 46.9 Å². The maximum atomic E-state index is 13.6. The van der Waals surface area contributed by atoms with Gasteiger partial charge in [0.05, 0.1) is 34.7 Å². The summed E-state index contributed by atoms with van der Waals surface area (Å²) in [4.78, 5) is 13.6. The Hall–Kier alpha value is -3.01.